The molecule has 1 heterocycles. The van der Waals surface area contributed by atoms with Gasteiger partial charge in [-0.3, -0.25) is 4.79 Å². The van der Waals surface area contributed by atoms with Crippen molar-refractivity contribution < 1.29 is 13.2 Å². The smallest absolute Gasteiger partial charge is 0.286 e. The fourth-order valence-corrected chi connectivity index (χ4v) is 4.75. The van der Waals surface area contributed by atoms with Gasteiger partial charge in [-0.05, 0) is 37.5 Å². The van der Waals surface area contributed by atoms with E-state index in [-0.39, 0.29) is 27.8 Å². The number of hydrogen-bond donors (Lipinski definition) is 2. The van der Waals surface area contributed by atoms with E-state index >= 15 is 0 Å². The molecule has 0 saturated carbocycles. The molecular formula is C19H21N3O3S2. The van der Waals surface area contributed by atoms with E-state index in [0.29, 0.717) is 5.69 Å². The number of para-hydroxylation sites is 1. The van der Waals surface area contributed by atoms with Crippen LogP contribution >= 0.6 is 11.8 Å². The lowest BCUT2D eigenvalue weighted by atomic mass is 10.1. The first-order valence-corrected chi connectivity index (χ1v) is 11.0. The monoisotopic (exact) mass is 403 g/mol. The highest BCUT2D eigenvalue weighted by Gasteiger charge is 2.24. The van der Waals surface area contributed by atoms with Crippen molar-refractivity contribution in [1.29, 1.82) is 0 Å². The molecule has 0 radical (unpaired) electrons. The first-order valence-electron chi connectivity index (χ1n) is 8.61. The van der Waals surface area contributed by atoms with Crippen LogP contribution in [0.5, 0.6) is 0 Å². The van der Waals surface area contributed by atoms with Crippen molar-refractivity contribution in [3.63, 3.8) is 0 Å². The van der Waals surface area contributed by atoms with Crippen LogP contribution in [0.1, 0.15) is 18.9 Å². The number of amides is 1. The maximum Gasteiger partial charge on any atom is 0.286 e. The Hall–Kier alpha value is -2.32. The highest BCUT2D eigenvalue weighted by atomic mass is 32.2. The van der Waals surface area contributed by atoms with Gasteiger partial charge in [-0.15, -0.1) is 4.40 Å². The Labute approximate surface area is 163 Å². The number of benzene rings is 2. The van der Waals surface area contributed by atoms with Gasteiger partial charge in [0.1, 0.15) is 4.90 Å². The minimum absolute atomic E-state index is 0.0315. The minimum atomic E-state index is -3.73. The molecule has 1 atom stereocenters. The summed E-state index contributed by atoms with van der Waals surface area (Å²) in [7, 11) is -3.73. The zero-order valence-corrected chi connectivity index (χ0v) is 16.5. The van der Waals surface area contributed by atoms with Crippen LogP contribution in [0, 0.1) is 0 Å². The number of anilines is 1. The van der Waals surface area contributed by atoms with Crippen molar-refractivity contribution in [3.8, 4) is 0 Å². The number of hydrogen-bond acceptors (Lipinski definition) is 5. The topological polar surface area (TPSA) is 87.6 Å². The van der Waals surface area contributed by atoms with E-state index in [1.807, 2.05) is 25.1 Å². The second-order valence-corrected chi connectivity index (χ2v) is 8.81. The molecule has 1 unspecified atom stereocenters. The van der Waals surface area contributed by atoms with Gasteiger partial charge in [0.25, 0.3) is 10.0 Å². The number of amidine groups is 1. The van der Waals surface area contributed by atoms with E-state index in [4.69, 9.17) is 0 Å². The summed E-state index contributed by atoms with van der Waals surface area (Å²) in [5.41, 5.74) is 1.71. The summed E-state index contributed by atoms with van der Waals surface area (Å²) in [6.07, 6.45) is 1.72. The third-order valence-corrected chi connectivity index (χ3v) is 6.39. The number of fused-ring (bicyclic) bond motifs is 1. The summed E-state index contributed by atoms with van der Waals surface area (Å²) in [6, 6.07) is 16.7. The molecule has 0 saturated heterocycles. The third-order valence-electron chi connectivity index (χ3n) is 4.07. The normalized spacial score (nSPS) is 15.8. The number of aryl methyl sites for hydroxylation is 1. The zero-order valence-electron chi connectivity index (χ0n) is 14.9. The Morgan fingerprint density at radius 3 is 2.63 bits per heavy atom. The standard InChI is InChI=1S/C19H21N3O3S2/c1-14(11-12-15-7-3-2-4-8-15)20-18(23)13-26-19-21-16-9-5-6-10-17(16)27(24,25)22-19/h2-10,14H,11-13H2,1H3,(H,20,23)(H,21,22). The molecule has 2 N–H and O–H groups in total. The van der Waals surface area contributed by atoms with Crippen LogP contribution in [0.3, 0.4) is 0 Å². The molecule has 0 fully saturated rings. The predicted octanol–water partition coefficient (Wildman–Crippen LogP) is 3.03. The third kappa shape index (κ3) is 5.33. The van der Waals surface area contributed by atoms with Crippen LogP contribution in [-0.4, -0.2) is 31.3 Å². The van der Waals surface area contributed by atoms with E-state index in [0.717, 1.165) is 24.6 Å². The lowest BCUT2D eigenvalue weighted by Crippen LogP contribution is -2.34. The summed E-state index contributed by atoms with van der Waals surface area (Å²) in [6.45, 7) is 1.96. The summed E-state index contributed by atoms with van der Waals surface area (Å²) in [4.78, 5) is 12.3. The first kappa shape index (κ1) is 19.4. The van der Waals surface area contributed by atoms with Gasteiger partial charge in [-0.1, -0.05) is 54.2 Å². The fourth-order valence-electron chi connectivity index (χ4n) is 2.70. The fraction of sp³-hybridized carbons (Fsp3) is 0.263. The molecule has 2 aromatic carbocycles. The van der Waals surface area contributed by atoms with Gasteiger partial charge >= 0.3 is 0 Å². The largest absolute Gasteiger partial charge is 0.353 e. The summed E-state index contributed by atoms with van der Waals surface area (Å²) >= 11 is 1.08. The van der Waals surface area contributed by atoms with E-state index in [2.05, 4.69) is 27.2 Å². The Morgan fingerprint density at radius 2 is 1.85 bits per heavy atom. The second kappa shape index (κ2) is 8.58. The van der Waals surface area contributed by atoms with Crippen molar-refractivity contribution in [2.24, 2.45) is 4.40 Å². The Kier molecular flexibility index (Phi) is 6.18. The van der Waals surface area contributed by atoms with Crippen molar-refractivity contribution in [1.82, 2.24) is 5.32 Å². The Balaban J connectivity index is 1.49. The molecule has 0 spiro atoms. The summed E-state index contributed by atoms with van der Waals surface area (Å²) in [5.74, 6) is -0.0551. The van der Waals surface area contributed by atoms with Crippen LogP contribution in [0.25, 0.3) is 0 Å². The molecule has 6 nitrogen and oxygen atoms in total. The van der Waals surface area contributed by atoms with Crippen LogP contribution in [0.4, 0.5) is 5.69 Å². The number of carbonyl (C=O) groups is 1. The highest BCUT2D eigenvalue weighted by molar-refractivity contribution is 8.15. The van der Waals surface area contributed by atoms with Crippen molar-refractivity contribution in [2.75, 3.05) is 11.1 Å². The summed E-state index contributed by atoms with van der Waals surface area (Å²) in [5, 5.41) is 6.11. The van der Waals surface area contributed by atoms with E-state index in [9.17, 15) is 13.2 Å². The molecule has 8 heteroatoms. The van der Waals surface area contributed by atoms with E-state index < -0.39 is 10.0 Å². The van der Waals surface area contributed by atoms with Gasteiger partial charge < -0.3 is 10.6 Å². The highest BCUT2D eigenvalue weighted by Crippen LogP contribution is 2.28. The van der Waals surface area contributed by atoms with Crippen LogP contribution in [-0.2, 0) is 21.2 Å². The summed E-state index contributed by atoms with van der Waals surface area (Å²) < 4.78 is 28.1. The van der Waals surface area contributed by atoms with Crippen molar-refractivity contribution >= 4 is 38.5 Å². The number of rotatable bonds is 6. The Morgan fingerprint density at radius 1 is 1.15 bits per heavy atom. The first-order chi connectivity index (χ1) is 12.9. The Bertz CT molecular complexity index is 944. The molecule has 1 amide bonds. The van der Waals surface area contributed by atoms with Gasteiger partial charge in [-0.2, -0.15) is 8.42 Å². The molecule has 0 aromatic heterocycles. The maximum absolute atomic E-state index is 12.2. The molecule has 3 rings (SSSR count). The molecular weight excluding hydrogens is 382 g/mol. The SMILES string of the molecule is CC(CCc1ccccc1)NC(=O)CSC1=NS(=O)(=O)c2ccccc2N1. The van der Waals surface area contributed by atoms with Gasteiger partial charge in [0.15, 0.2) is 5.17 Å². The van der Waals surface area contributed by atoms with Crippen LogP contribution in [0.2, 0.25) is 0 Å². The van der Waals surface area contributed by atoms with E-state index in [1.54, 1.807) is 18.2 Å². The van der Waals surface area contributed by atoms with E-state index in [1.165, 1.54) is 11.6 Å². The van der Waals surface area contributed by atoms with Crippen molar-refractivity contribution in [3.05, 3.63) is 60.2 Å². The van der Waals surface area contributed by atoms with Gasteiger partial charge in [-0.25, -0.2) is 0 Å². The average molecular weight is 404 g/mol. The molecule has 0 aliphatic carbocycles. The average Bonchev–Trinajstić information content (AvgIpc) is 2.65. The molecule has 1 aliphatic rings. The number of nitrogens with zero attached hydrogens (tertiary/aromatic N) is 1. The molecule has 0 bridgehead atoms. The number of sulfonamides is 1. The number of carbonyl (C=O) groups excluding carboxylic acids is 1. The van der Waals surface area contributed by atoms with Gasteiger partial charge in [0, 0.05) is 6.04 Å². The molecule has 142 valence electrons. The lowest BCUT2D eigenvalue weighted by molar-refractivity contribution is -0.119. The quantitative estimate of drug-likeness (QED) is 0.774. The van der Waals surface area contributed by atoms with Gasteiger partial charge in [0.2, 0.25) is 5.91 Å². The van der Waals surface area contributed by atoms with Crippen LogP contribution in [0.15, 0.2) is 63.9 Å². The molecule has 1 aliphatic heterocycles. The minimum Gasteiger partial charge on any atom is -0.353 e. The second-order valence-electron chi connectivity index (χ2n) is 6.27. The van der Waals surface area contributed by atoms with Crippen LogP contribution < -0.4 is 10.6 Å². The maximum atomic E-state index is 12.2. The zero-order chi connectivity index (χ0) is 19.3. The van der Waals surface area contributed by atoms with Crippen molar-refractivity contribution in [2.45, 2.75) is 30.7 Å². The molecule has 27 heavy (non-hydrogen) atoms. The predicted molar refractivity (Wildman–Crippen MR) is 110 cm³/mol. The van der Waals surface area contributed by atoms with Gasteiger partial charge in [0.05, 0.1) is 11.4 Å². The molecule has 2 aromatic rings. The number of thioether (sulfide) groups is 1. The number of nitrogens with one attached hydrogen (secondary N) is 2. The lowest BCUT2D eigenvalue weighted by Gasteiger charge is -2.18.